The van der Waals surface area contributed by atoms with Crippen LogP contribution in [0.15, 0.2) is 48.1 Å². The molecule has 0 bridgehead atoms. The number of carbonyl (C=O) groups is 2. The molecule has 0 radical (unpaired) electrons. The Morgan fingerprint density at radius 2 is 2.07 bits per heavy atom. The van der Waals surface area contributed by atoms with Crippen molar-refractivity contribution in [1.29, 1.82) is 0 Å². The monoisotopic (exact) mass is 416 g/mol. The van der Waals surface area contributed by atoms with Crippen LogP contribution < -0.4 is 0 Å². The van der Waals surface area contributed by atoms with Gasteiger partial charge in [0.05, 0.1) is 18.8 Å². The first kappa shape index (κ1) is 24.3. The second-order valence-corrected chi connectivity index (χ2v) is 8.58. The fraction of sp³-hybridized carbons (Fsp3) is 0.600. The summed E-state index contributed by atoms with van der Waals surface area (Å²) in [5, 5.41) is 20.9. The molecule has 30 heavy (non-hydrogen) atoms. The molecule has 4 atom stereocenters. The van der Waals surface area contributed by atoms with Crippen molar-refractivity contribution in [2.24, 2.45) is 11.8 Å². The first-order valence-corrected chi connectivity index (χ1v) is 11.0. The number of hydrogen-bond donors (Lipinski definition) is 2. The zero-order chi connectivity index (χ0) is 22.0. The zero-order valence-corrected chi connectivity index (χ0v) is 18.3. The van der Waals surface area contributed by atoms with Crippen LogP contribution in [0.25, 0.3) is 0 Å². The molecule has 2 N–H and O–H groups in total. The number of ether oxygens (including phenoxy) is 1. The minimum atomic E-state index is -0.953. The second-order valence-electron chi connectivity index (χ2n) is 8.58. The van der Waals surface area contributed by atoms with Crippen molar-refractivity contribution in [2.75, 3.05) is 7.11 Å². The van der Waals surface area contributed by atoms with Crippen molar-refractivity contribution in [3.8, 4) is 0 Å². The third kappa shape index (κ3) is 8.04. The number of esters is 1. The van der Waals surface area contributed by atoms with Crippen LogP contribution in [0.1, 0.15) is 64.7 Å². The van der Waals surface area contributed by atoms with Gasteiger partial charge < -0.3 is 14.9 Å². The number of carbonyl (C=O) groups excluding carboxylic acids is 2. The maximum atomic E-state index is 12.3. The summed E-state index contributed by atoms with van der Waals surface area (Å²) in [6, 6.07) is 0. The molecular formula is C25H36O5. The summed E-state index contributed by atoms with van der Waals surface area (Å²) >= 11 is 0. The van der Waals surface area contributed by atoms with Crippen LogP contribution in [0, 0.1) is 11.8 Å². The quantitative estimate of drug-likeness (QED) is 0.389. The van der Waals surface area contributed by atoms with Crippen molar-refractivity contribution in [3.63, 3.8) is 0 Å². The second kappa shape index (κ2) is 12.0. The first-order valence-electron chi connectivity index (χ1n) is 11.0. The van der Waals surface area contributed by atoms with E-state index in [9.17, 15) is 19.8 Å². The Morgan fingerprint density at radius 3 is 2.77 bits per heavy atom. The standard InChI is InChI=1S/C25H36O5/c1-25(29,17-15-19-10-7-8-11-19)16-9-13-21-20(22(26)18-23(21)27)12-5-3-4-6-14-24(28)30-2/h3-4,9-10,13,15,17,20-21,23,27,29H,5-8,11-12,14,16,18H2,1-2H3/b4-3-,13-9+,17-15+/t20-,21-,23+,25+/m1/s1. The normalized spacial score (nSPS) is 26.7. The van der Waals surface area contributed by atoms with Crippen molar-refractivity contribution in [1.82, 2.24) is 0 Å². The third-order valence-corrected chi connectivity index (χ3v) is 5.91. The minimum Gasteiger partial charge on any atom is -0.469 e. The summed E-state index contributed by atoms with van der Waals surface area (Å²) in [7, 11) is 1.37. The van der Waals surface area contributed by atoms with Gasteiger partial charge in [-0.05, 0) is 51.9 Å². The number of allylic oxidation sites excluding steroid dienone is 5. The molecule has 2 rings (SSSR count). The van der Waals surface area contributed by atoms with Crippen molar-refractivity contribution in [3.05, 3.63) is 48.1 Å². The van der Waals surface area contributed by atoms with E-state index in [1.54, 1.807) is 6.92 Å². The van der Waals surface area contributed by atoms with Crippen molar-refractivity contribution < 1.29 is 24.5 Å². The van der Waals surface area contributed by atoms with Crippen LogP contribution >= 0.6 is 0 Å². The van der Waals surface area contributed by atoms with Crippen LogP contribution in [0.5, 0.6) is 0 Å². The van der Waals surface area contributed by atoms with Gasteiger partial charge in [0.15, 0.2) is 0 Å². The van der Waals surface area contributed by atoms with Crippen LogP contribution in [0.3, 0.4) is 0 Å². The lowest BCUT2D eigenvalue weighted by Gasteiger charge is -2.19. The Labute approximate surface area is 180 Å². The fourth-order valence-corrected chi connectivity index (χ4v) is 4.07. The molecule has 0 aromatic heterocycles. The van der Waals surface area contributed by atoms with E-state index in [0.29, 0.717) is 25.7 Å². The van der Waals surface area contributed by atoms with E-state index in [1.807, 2.05) is 36.5 Å². The summed E-state index contributed by atoms with van der Waals surface area (Å²) < 4.78 is 4.60. The number of aliphatic hydroxyl groups is 2. The number of ketones is 1. The number of methoxy groups -OCH3 is 1. The van der Waals surface area contributed by atoms with Gasteiger partial charge in [-0.25, -0.2) is 0 Å². The molecular weight excluding hydrogens is 380 g/mol. The Kier molecular flexibility index (Phi) is 9.73. The van der Waals surface area contributed by atoms with Gasteiger partial charge in [0.2, 0.25) is 0 Å². The van der Waals surface area contributed by atoms with Gasteiger partial charge in [-0.1, -0.05) is 48.1 Å². The summed E-state index contributed by atoms with van der Waals surface area (Å²) in [6.45, 7) is 1.77. The zero-order valence-electron chi connectivity index (χ0n) is 18.3. The lowest BCUT2D eigenvalue weighted by molar-refractivity contribution is -0.140. The molecule has 0 aromatic carbocycles. The maximum Gasteiger partial charge on any atom is 0.305 e. The molecule has 5 heteroatoms. The van der Waals surface area contributed by atoms with Crippen LogP contribution in [-0.2, 0) is 14.3 Å². The molecule has 0 aromatic rings. The van der Waals surface area contributed by atoms with E-state index in [4.69, 9.17) is 0 Å². The Bertz CT molecular complexity index is 698. The number of Topliss-reactive ketones (excluding diaryl/α,β-unsaturated/α-hetero) is 1. The van der Waals surface area contributed by atoms with Gasteiger partial charge >= 0.3 is 5.97 Å². The Morgan fingerprint density at radius 1 is 1.30 bits per heavy atom. The van der Waals surface area contributed by atoms with E-state index < -0.39 is 11.7 Å². The molecule has 0 aliphatic heterocycles. The van der Waals surface area contributed by atoms with E-state index in [0.717, 1.165) is 19.3 Å². The smallest absolute Gasteiger partial charge is 0.305 e. The van der Waals surface area contributed by atoms with Gasteiger partial charge in [0.1, 0.15) is 5.78 Å². The van der Waals surface area contributed by atoms with Gasteiger partial charge in [0, 0.05) is 24.7 Å². The number of hydrogen-bond acceptors (Lipinski definition) is 5. The summed E-state index contributed by atoms with van der Waals surface area (Å²) in [6.07, 6.45) is 19.4. The van der Waals surface area contributed by atoms with E-state index >= 15 is 0 Å². The molecule has 0 unspecified atom stereocenters. The molecule has 0 heterocycles. The predicted octanol–water partition coefficient (Wildman–Crippen LogP) is 4.21. The molecule has 1 fully saturated rings. The lowest BCUT2D eigenvalue weighted by Crippen LogP contribution is -2.21. The van der Waals surface area contributed by atoms with Crippen LogP contribution in [0.2, 0.25) is 0 Å². The topological polar surface area (TPSA) is 83.8 Å². The number of aliphatic hydroxyl groups excluding tert-OH is 1. The largest absolute Gasteiger partial charge is 0.469 e. The molecule has 2 aliphatic carbocycles. The SMILES string of the molecule is COC(=O)CC/C=C\CC[C@H]1C(=O)C[C@H](O)[C@@H]1/C=C/C[C@](C)(O)/C=C/C1=CCCC1. The minimum absolute atomic E-state index is 0.0972. The van der Waals surface area contributed by atoms with Gasteiger partial charge in [-0.2, -0.15) is 0 Å². The van der Waals surface area contributed by atoms with E-state index in [2.05, 4.69) is 10.8 Å². The maximum absolute atomic E-state index is 12.3. The average Bonchev–Trinajstić information content (AvgIpc) is 3.31. The highest BCUT2D eigenvalue weighted by molar-refractivity contribution is 5.84. The molecule has 5 nitrogen and oxygen atoms in total. The van der Waals surface area contributed by atoms with E-state index in [-0.39, 0.29) is 30.0 Å². The van der Waals surface area contributed by atoms with Crippen LogP contribution in [0.4, 0.5) is 0 Å². The lowest BCUT2D eigenvalue weighted by atomic mass is 9.88. The molecule has 166 valence electrons. The highest BCUT2D eigenvalue weighted by Crippen LogP contribution is 2.34. The van der Waals surface area contributed by atoms with Crippen molar-refractivity contribution in [2.45, 2.75) is 76.4 Å². The first-order chi connectivity index (χ1) is 14.3. The molecule has 0 saturated heterocycles. The predicted molar refractivity (Wildman–Crippen MR) is 118 cm³/mol. The van der Waals surface area contributed by atoms with Crippen molar-refractivity contribution >= 4 is 11.8 Å². The number of rotatable bonds is 11. The van der Waals surface area contributed by atoms with Gasteiger partial charge in [-0.15, -0.1) is 0 Å². The fourth-order valence-electron chi connectivity index (χ4n) is 4.07. The molecule has 0 spiro atoms. The highest BCUT2D eigenvalue weighted by atomic mass is 16.5. The molecule has 2 aliphatic rings. The average molecular weight is 417 g/mol. The summed E-state index contributed by atoms with van der Waals surface area (Å²) in [4.78, 5) is 23.4. The van der Waals surface area contributed by atoms with Gasteiger partial charge in [0.25, 0.3) is 0 Å². The van der Waals surface area contributed by atoms with E-state index in [1.165, 1.54) is 19.1 Å². The molecule has 0 amide bonds. The third-order valence-electron chi connectivity index (χ3n) is 5.91. The van der Waals surface area contributed by atoms with Gasteiger partial charge in [-0.3, -0.25) is 9.59 Å². The molecule has 1 saturated carbocycles. The summed E-state index contributed by atoms with van der Waals surface area (Å²) in [5.41, 5.74) is 0.321. The summed E-state index contributed by atoms with van der Waals surface area (Å²) in [5.74, 6) is -0.548. The van der Waals surface area contributed by atoms with Crippen LogP contribution in [-0.4, -0.2) is 40.8 Å². The Balaban J connectivity index is 1.83. The highest BCUT2D eigenvalue weighted by Gasteiger charge is 2.39. The Hall–Kier alpha value is -1.98.